The van der Waals surface area contributed by atoms with Gasteiger partial charge in [-0.05, 0) is 41.0 Å². The first-order valence-corrected chi connectivity index (χ1v) is 7.45. The summed E-state index contributed by atoms with van der Waals surface area (Å²) in [6, 6.07) is 0. The molecule has 0 saturated heterocycles. The van der Waals surface area contributed by atoms with Crippen molar-refractivity contribution < 1.29 is 0 Å². The van der Waals surface area contributed by atoms with Crippen molar-refractivity contribution in [2.45, 2.75) is 26.7 Å². The molecular formula is C12H14IN5S. The van der Waals surface area contributed by atoms with E-state index < -0.39 is 0 Å². The molecule has 0 bridgehead atoms. The maximum Gasteiger partial charge on any atom is 0.186 e. The monoisotopic (exact) mass is 387 g/mol. The van der Waals surface area contributed by atoms with Crippen LogP contribution in [0.5, 0.6) is 0 Å². The van der Waals surface area contributed by atoms with Crippen LogP contribution in [0.1, 0.15) is 30.7 Å². The van der Waals surface area contributed by atoms with E-state index in [4.69, 9.17) is 18.0 Å². The number of aromatic nitrogens is 4. The minimum atomic E-state index is 0.335. The minimum absolute atomic E-state index is 0.335. The second kappa shape index (κ2) is 5.91. The fourth-order valence-electron chi connectivity index (χ4n) is 2.00. The van der Waals surface area contributed by atoms with E-state index >= 15 is 0 Å². The molecular weight excluding hydrogens is 373 g/mol. The summed E-state index contributed by atoms with van der Waals surface area (Å²) in [6.07, 6.45) is 5.25. The highest BCUT2D eigenvalue weighted by Crippen LogP contribution is 2.20. The molecule has 2 heterocycles. The topological polar surface area (TPSA) is 69.6 Å². The Hall–Kier alpha value is -1.09. The summed E-state index contributed by atoms with van der Waals surface area (Å²) in [7, 11) is 0. The van der Waals surface area contributed by atoms with E-state index in [0.29, 0.717) is 10.8 Å². The van der Waals surface area contributed by atoms with E-state index in [9.17, 15) is 0 Å². The summed E-state index contributed by atoms with van der Waals surface area (Å²) >= 11 is 7.38. The Balaban J connectivity index is 2.71. The summed E-state index contributed by atoms with van der Waals surface area (Å²) in [5.41, 5.74) is 8.66. The number of halogens is 1. The van der Waals surface area contributed by atoms with Gasteiger partial charge in [-0.25, -0.2) is 4.68 Å². The molecule has 0 aliphatic carbocycles. The summed E-state index contributed by atoms with van der Waals surface area (Å²) in [5.74, 6) is 0.601. The van der Waals surface area contributed by atoms with Gasteiger partial charge < -0.3 is 5.73 Å². The number of nitrogens with zero attached hydrogens (tertiary/aromatic N) is 4. The minimum Gasteiger partial charge on any atom is -0.389 e. The Morgan fingerprint density at radius 1 is 1.37 bits per heavy atom. The maximum atomic E-state index is 5.88. The van der Waals surface area contributed by atoms with E-state index in [0.717, 1.165) is 33.2 Å². The molecule has 2 rings (SSSR count). The highest BCUT2D eigenvalue weighted by Gasteiger charge is 2.18. The van der Waals surface area contributed by atoms with Crippen LogP contribution in [-0.4, -0.2) is 25.0 Å². The molecule has 0 atom stereocenters. The highest BCUT2D eigenvalue weighted by atomic mass is 127. The lowest BCUT2D eigenvalue weighted by Crippen LogP contribution is -2.20. The van der Waals surface area contributed by atoms with Crippen LogP contribution >= 0.6 is 34.8 Å². The smallest absolute Gasteiger partial charge is 0.186 e. The van der Waals surface area contributed by atoms with Crippen molar-refractivity contribution >= 4 is 39.8 Å². The van der Waals surface area contributed by atoms with Crippen LogP contribution in [0, 0.1) is 3.57 Å². The van der Waals surface area contributed by atoms with E-state index in [2.05, 4.69) is 44.8 Å². The molecule has 0 saturated carbocycles. The zero-order valence-electron chi connectivity index (χ0n) is 10.7. The van der Waals surface area contributed by atoms with Crippen LogP contribution in [-0.2, 0) is 12.8 Å². The fraction of sp³-hybridized carbons (Fsp3) is 0.333. The van der Waals surface area contributed by atoms with E-state index in [1.165, 1.54) is 0 Å². The zero-order valence-corrected chi connectivity index (χ0v) is 13.7. The number of thiocarbonyl (C=S) groups is 1. The molecule has 2 N–H and O–H groups in total. The van der Waals surface area contributed by atoms with Gasteiger partial charge in [-0.3, -0.25) is 0 Å². The molecule has 0 spiro atoms. The first kappa shape index (κ1) is 14.3. The SMILES string of the molecule is CCc1nnc(-n2cc(I)cn2)c(C(N)=S)c1CC. The molecule has 0 aromatic carbocycles. The van der Waals surface area contributed by atoms with Crippen LogP contribution in [0.2, 0.25) is 0 Å². The molecule has 0 aliphatic rings. The first-order chi connectivity index (χ1) is 9.08. The van der Waals surface area contributed by atoms with E-state index in [1.54, 1.807) is 10.9 Å². The lowest BCUT2D eigenvalue weighted by Gasteiger charge is -2.14. The third-order valence-electron chi connectivity index (χ3n) is 2.84. The van der Waals surface area contributed by atoms with Crippen molar-refractivity contribution in [2.75, 3.05) is 0 Å². The molecule has 2 aromatic heterocycles. The van der Waals surface area contributed by atoms with Gasteiger partial charge in [-0.1, -0.05) is 26.1 Å². The first-order valence-electron chi connectivity index (χ1n) is 5.97. The summed E-state index contributed by atoms with van der Waals surface area (Å²) in [6.45, 7) is 4.11. The van der Waals surface area contributed by atoms with Crippen LogP contribution in [0.15, 0.2) is 12.4 Å². The highest BCUT2D eigenvalue weighted by molar-refractivity contribution is 14.1. The molecule has 7 heteroatoms. The molecule has 0 radical (unpaired) electrons. The number of hydrogen-bond donors (Lipinski definition) is 1. The fourth-order valence-corrected chi connectivity index (χ4v) is 2.60. The Kier molecular flexibility index (Phi) is 4.46. The molecule has 0 amide bonds. The summed E-state index contributed by atoms with van der Waals surface area (Å²) < 4.78 is 2.69. The molecule has 0 fully saturated rings. The van der Waals surface area contributed by atoms with E-state index in [1.807, 2.05) is 13.1 Å². The van der Waals surface area contributed by atoms with Crippen LogP contribution < -0.4 is 5.73 Å². The van der Waals surface area contributed by atoms with Crippen LogP contribution in [0.25, 0.3) is 5.82 Å². The summed E-state index contributed by atoms with van der Waals surface area (Å²) in [4.78, 5) is 0.335. The van der Waals surface area contributed by atoms with Crippen molar-refractivity contribution in [3.63, 3.8) is 0 Å². The Labute approximate surface area is 130 Å². The zero-order chi connectivity index (χ0) is 14.0. The van der Waals surface area contributed by atoms with Gasteiger partial charge in [0.1, 0.15) is 4.99 Å². The van der Waals surface area contributed by atoms with Crippen molar-refractivity contribution in [1.29, 1.82) is 0 Å². The Morgan fingerprint density at radius 3 is 2.58 bits per heavy atom. The normalized spacial score (nSPS) is 10.7. The van der Waals surface area contributed by atoms with Gasteiger partial charge in [0.15, 0.2) is 5.82 Å². The van der Waals surface area contributed by atoms with Crippen molar-refractivity contribution in [1.82, 2.24) is 20.0 Å². The van der Waals surface area contributed by atoms with Gasteiger partial charge in [-0.2, -0.15) is 10.2 Å². The number of hydrogen-bond acceptors (Lipinski definition) is 4. The number of rotatable bonds is 4. The van der Waals surface area contributed by atoms with Gasteiger partial charge in [-0.15, -0.1) is 5.10 Å². The third kappa shape index (κ3) is 2.76. The Bertz CT molecular complexity index is 623. The Morgan fingerprint density at radius 2 is 2.11 bits per heavy atom. The van der Waals surface area contributed by atoms with Gasteiger partial charge in [0.25, 0.3) is 0 Å². The molecule has 0 aliphatic heterocycles. The average Bonchev–Trinajstić information content (AvgIpc) is 2.83. The lowest BCUT2D eigenvalue weighted by atomic mass is 10.0. The van der Waals surface area contributed by atoms with Gasteiger partial charge in [0.05, 0.1) is 21.0 Å². The van der Waals surface area contributed by atoms with Crippen LogP contribution in [0.3, 0.4) is 0 Å². The van der Waals surface area contributed by atoms with Crippen LogP contribution in [0.4, 0.5) is 0 Å². The molecule has 100 valence electrons. The lowest BCUT2D eigenvalue weighted by molar-refractivity contribution is 0.780. The number of nitrogens with two attached hydrogens (primary N) is 1. The molecule has 2 aromatic rings. The second-order valence-electron chi connectivity index (χ2n) is 4.00. The van der Waals surface area contributed by atoms with Crippen molar-refractivity contribution in [2.24, 2.45) is 5.73 Å². The molecule has 0 unspecified atom stereocenters. The maximum absolute atomic E-state index is 5.88. The largest absolute Gasteiger partial charge is 0.389 e. The third-order valence-corrected chi connectivity index (χ3v) is 3.60. The number of aryl methyl sites for hydroxylation is 1. The van der Waals surface area contributed by atoms with Crippen molar-refractivity contribution in [3.05, 3.63) is 32.8 Å². The molecule has 19 heavy (non-hydrogen) atoms. The van der Waals surface area contributed by atoms with E-state index in [-0.39, 0.29) is 0 Å². The van der Waals surface area contributed by atoms with Gasteiger partial charge >= 0.3 is 0 Å². The quantitative estimate of drug-likeness (QED) is 0.642. The second-order valence-corrected chi connectivity index (χ2v) is 5.68. The average molecular weight is 387 g/mol. The van der Waals surface area contributed by atoms with Crippen molar-refractivity contribution in [3.8, 4) is 5.82 Å². The van der Waals surface area contributed by atoms with Gasteiger partial charge in [0, 0.05) is 6.20 Å². The summed E-state index contributed by atoms with van der Waals surface area (Å²) in [5, 5.41) is 12.8. The van der Waals surface area contributed by atoms with Gasteiger partial charge in [0.2, 0.25) is 0 Å². The standard InChI is InChI=1S/C12H14IN5S/c1-3-8-9(4-2)16-17-12(10(8)11(14)19)18-6-7(13)5-15-18/h5-6H,3-4H2,1-2H3,(H2,14,19). The predicted octanol–water partition coefficient (Wildman–Crippen LogP) is 2.03. The molecule has 5 nitrogen and oxygen atoms in total. The predicted molar refractivity (Wildman–Crippen MR) is 86.5 cm³/mol.